The van der Waals surface area contributed by atoms with Gasteiger partial charge in [-0.25, -0.2) is 0 Å². The number of rotatable bonds is 1. The van der Waals surface area contributed by atoms with Crippen LogP contribution in [0.3, 0.4) is 0 Å². The lowest BCUT2D eigenvalue weighted by atomic mass is 9.75. The molecule has 1 aliphatic carbocycles. The van der Waals surface area contributed by atoms with Crippen LogP contribution in [0.1, 0.15) is 39.5 Å². The number of halogens is 1. The van der Waals surface area contributed by atoms with E-state index in [2.05, 4.69) is 34.7 Å². The molecule has 1 amide bonds. The minimum atomic E-state index is 0.334. The lowest BCUT2D eigenvalue weighted by Crippen LogP contribution is -2.51. The second kappa shape index (κ2) is 4.44. The molecule has 2 rings (SSSR count). The standard InChI is InChI=1S/C12H20BrNO/c1-8-6-10(7-8)12(15)14-5-3-4-11(13)9(14)2/h8-11H,3-7H2,1-2H3. The highest BCUT2D eigenvalue weighted by molar-refractivity contribution is 9.09. The maximum Gasteiger partial charge on any atom is 0.225 e. The van der Waals surface area contributed by atoms with Crippen LogP contribution >= 0.6 is 15.9 Å². The first-order valence-electron chi connectivity index (χ1n) is 6.04. The van der Waals surface area contributed by atoms with Gasteiger partial charge in [0.25, 0.3) is 0 Å². The highest BCUT2D eigenvalue weighted by atomic mass is 79.9. The first kappa shape index (κ1) is 11.4. The Bertz CT molecular complexity index is 250. The van der Waals surface area contributed by atoms with E-state index in [1.807, 2.05) is 0 Å². The molecule has 2 nitrogen and oxygen atoms in total. The summed E-state index contributed by atoms with van der Waals surface area (Å²) >= 11 is 3.67. The van der Waals surface area contributed by atoms with E-state index < -0.39 is 0 Å². The third-order valence-corrected chi connectivity index (χ3v) is 5.12. The molecule has 2 atom stereocenters. The highest BCUT2D eigenvalue weighted by Gasteiger charge is 2.38. The van der Waals surface area contributed by atoms with E-state index in [4.69, 9.17) is 0 Å². The summed E-state index contributed by atoms with van der Waals surface area (Å²) in [5.41, 5.74) is 0. The molecule has 2 unspecified atom stereocenters. The lowest BCUT2D eigenvalue weighted by Gasteiger charge is -2.42. The van der Waals surface area contributed by atoms with Crippen LogP contribution in [-0.2, 0) is 4.79 Å². The van der Waals surface area contributed by atoms with Gasteiger partial charge in [-0.1, -0.05) is 22.9 Å². The molecule has 1 saturated carbocycles. The summed E-state index contributed by atoms with van der Waals surface area (Å²) < 4.78 is 0. The van der Waals surface area contributed by atoms with Gasteiger partial charge in [-0.2, -0.15) is 0 Å². The number of nitrogens with zero attached hydrogens (tertiary/aromatic N) is 1. The number of alkyl halides is 1. The Morgan fingerprint density at radius 1 is 1.33 bits per heavy atom. The minimum Gasteiger partial charge on any atom is -0.339 e. The summed E-state index contributed by atoms with van der Waals surface area (Å²) in [6, 6.07) is 0.377. The van der Waals surface area contributed by atoms with Crippen LogP contribution in [-0.4, -0.2) is 28.2 Å². The van der Waals surface area contributed by atoms with Gasteiger partial charge in [-0.05, 0) is 38.5 Å². The Morgan fingerprint density at radius 2 is 2.00 bits per heavy atom. The Morgan fingerprint density at radius 3 is 2.60 bits per heavy atom. The third kappa shape index (κ3) is 2.22. The number of likely N-dealkylation sites (tertiary alicyclic amines) is 1. The van der Waals surface area contributed by atoms with E-state index in [1.165, 1.54) is 6.42 Å². The fourth-order valence-corrected chi connectivity index (χ4v) is 3.36. The maximum absolute atomic E-state index is 12.2. The quantitative estimate of drug-likeness (QED) is 0.673. The lowest BCUT2D eigenvalue weighted by molar-refractivity contribution is -0.142. The van der Waals surface area contributed by atoms with Gasteiger partial charge >= 0.3 is 0 Å². The zero-order chi connectivity index (χ0) is 11.0. The summed E-state index contributed by atoms with van der Waals surface area (Å²) in [5, 5.41) is 0. The van der Waals surface area contributed by atoms with Crippen LogP contribution in [0.2, 0.25) is 0 Å². The van der Waals surface area contributed by atoms with Crippen molar-refractivity contribution in [2.45, 2.75) is 50.4 Å². The number of hydrogen-bond acceptors (Lipinski definition) is 1. The molecule has 0 aromatic rings. The van der Waals surface area contributed by atoms with Crippen molar-refractivity contribution in [1.82, 2.24) is 4.90 Å². The second-order valence-corrected chi connectivity index (χ2v) is 6.38. The van der Waals surface area contributed by atoms with Crippen LogP contribution in [0.4, 0.5) is 0 Å². The van der Waals surface area contributed by atoms with Crippen molar-refractivity contribution in [1.29, 1.82) is 0 Å². The predicted molar refractivity (Wildman–Crippen MR) is 65.0 cm³/mol. The summed E-state index contributed by atoms with van der Waals surface area (Å²) in [6.07, 6.45) is 4.56. The molecule has 2 aliphatic rings. The van der Waals surface area contributed by atoms with E-state index >= 15 is 0 Å². The fraction of sp³-hybridized carbons (Fsp3) is 0.917. The minimum absolute atomic E-state index is 0.334. The number of carbonyl (C=O) groups excluding carboxylic acids is 1. The van der Waals surface area contributed by atoms with Gasteiger partial charge in [-0.3, -0.25) is 4.79 Å². The molecular formula is C12H20BrNO. The molecule has 0 N–H and O–H groups in total. The van der Waals surface area contributed by atoms with Crippen LogP contribution in [0, 0.1) is 11.8 Å². The largest absolute Gasteiger partial charge is 0.339 e. The number of amides is 1. The molecule has 0 radical (unpaired) electrons. The van der Waals surface area contributed by atoms with E-state index in [0.717, 1.165) is 31.7 Å². The van der Waals surface area contributed by atoms with Crippen molar-refractivity contribution in [2.75, 3.05) is 6.54 Å². The Labute approximate surface area is 101 Å². The van der Waals surface area contributed by atoms with Gasteiger partial charge in [0.15, 0.2) is 0 Å². The van der Waals surface area contributed by atoms with Crippen LogP contribution in [0.25, 0.3) is 0 Å². The second-order valence-electron chi connectivity index (χ2n) is 5.20. The monoisotopic (exact) mass is 273 g/mol. The predicted octanol–water partition coefficient (Wildman–Crippen LogP) is 2.81. The summed E-state index contributed by atoms with van der Waals surface area (Å²) in [4.78, 5) is 14.8. The number of hydrogen-bond donors (Lipinski definition) is 0. The summed E-state index contributed by atoms with van der Waals surface area (Å²) in [5.74, 6) is 1.50. The van der Waals surface area contributed by atoms with Crippen LogP contribution < -0.4 is 0 Å². The maximum atomic E-state index is 12.2. The molecule has 1 saturated heterocycles. The van der Waals surface area contributed by atoms with Gasteiger partial charge in [-0.15, -0.1) is 0 Å². The van der Waals surface area contributed by atoms with Gasteiger partial charge in [0, 0.05) is 23.3 Å². The van der Waals surface area contributed by atoms with Crippen molar-refractivity contribution >= 4 is 21.8 Å². The fourth-order valence-electron chi connectivity index (χ4n) is 2.75. The summed E-state index contributed by atoms with van der Waals surface area (Å²) in [7, 11) is 0. The van der Waals surface area contributed by atoms with E-state index in [1.54, 1.807) is 0 Å². The van der Waals surface area contributed by atoms with Crippen LogP contribution in [0.15, 0.2) is 0 Å². The van der Waals surface area contributed by atoms with Crippen molar-refractivity contribution in [3.63, 3.8) is 0 Å². The van der Waals surface area contributed by atoms with Crippen molar-refractivity contribution < 1.29 is 4.79 Å². The van der Waals surface area contributed by atoms with Crippen molar-refractivity contribution in [3.8, 4) is 0 Å². The average molecular weight is 274 g/mol. The molecule has 3 heteroatoms. The average Bonchev–Trinajstić information content (AvgIpc) is 2.16. The molecule has 86 valence electrons. The molecule has 1 aliphatic heterocycles. The normalized spacial score (nSPS) is 41.1. The van der Waals surface area contributed by atoms with Gasteiger partial charge < -0.3 is 4.90 Å². The topological polar surface area (TPSA) is 20.3 Å². The third-order valence-electron chi connectivity index (χ3n) is 3.90. The SMILES string of the molecule is CC1CC(C(=O)N2CCCC(Br)C2C)C1. The Kier molecular flexibility index (Phi) is 3.39. The molecule has 1 heterocycles. The van der Waals surface area contributed by atoms with Crippen LogP contribution in [0.5, 0.6) is 0 Å². The van der Waals surface area contributed by atoms with E-state index in [9.17, 15) is 4.79 Å². The summed E-state index contributed by atoms with van der Waals surface area (Å²) in [6.45, 7) is 5.36. The molecule has 15 heavy (non-hydrogen) atoms. The zero-order valence-corrected chi connectivity index (χ0v) is 11.2. The molecule has 2 fully saturated rings. The number of carbonyl (C=O) groups is 1. The van der Waals surface area contributed by atoms with Gasteiger partial charge in [0.05, 0.1) is 0 Å². The van der Waals surface area contributed by atoms with Gasteiger partial charge in [0.2, 0.25) is 5.91 Å². The van der Waals surface area contributed by atoms with E-state index in [-0.39, 0.29) is 0 Å². The molecular weight excluding hydrogens is 254 g/mol. The molecule has 0 aromatic heterocycles. The molecule has 0 aromatic carbocycles. The van der Waals surface area contributed by atoms with Crippen molar-refractivity contribution in [3.05, 3.63) is 0 Å². The van der Waals surface area contributed by atoms with E-state index in [0.29, 0.717) is 22.7 Å². The first-order chi connectivity index (χ1) is 7.09. The smallest absolute Gasteiger partial charge is 0.225 e. The molecule has 0 bridgehead atoms. The first-order valence-corrected chi connectivity index (χ1v) is 6.95. The Balaban J connectivity index is 1.94. The van der Waals surface area contributed by atoms with Gasteiger partial charge in [0.1, 0.15) is 0 Å². The molecule has 0 spiro atoms. The highest BCUT2D eigenvalue weighted by Crippen LogP contribution is 2.36. The zero-order valence-electron chi connectivity index (χ0n) is 9.58. The van der Waals surface area contributed by atoms with Crippen molar-refractivity contribution in [2.24, 2.45) is 11.8 Å². The number of piperidine rings is 1. The Hall–Kier alpha value is -0.0500.